The highest BCUT2D eigenvalue weighted by molar-refractivity contribution is 5.87. The van der Waals surface area contributed by atoms with Crippen molar-refractivity contribution in [2.75, 3.05) is 0 Å². The van der Waals surface area contributed by atoms with E-state index in [1.807, 2.05) is 0 Å². The molecule has 0 saturated heterocycles. The number of aromatic nitrogens is 1. The van der Waals surface area contributed by atoms with E-state index in [1.165, 1.54) is 42.5 Å². The minimum Gasteiger partial charge on any atom is -0.508 e. The van der Waals surface area contributed by atoms with Crippen molar-refractivity contribution in [3.63, 3.8) is 0 Å². The molecule has 3 rings (SSSR count). The zero-order valence-electron chi connectivity index (χ0n) is 12.2. The number of nitrogens with zero attached hydrogens (tertiary/aromatic N) is 1. The Kier molecular flexibility index (Phi) is 3.71. The van der Waals surface area contributed by atoms with Crippen molar-refractivity contribution in [3.8, 4) is 22.8 Å². The molecule has 24 heavy (non-hydrogen) atoms. The number of alkyl halides is 3. The minimum atomic E-state index is -4.53. The molecule has 0 radical (unpaired) electrons. The second kappa shape index (κ2) is 5.59. The quantitative estimate of drug-likeness (QED) is 0.751. The SMILES string of the molecule is O=c1cc(-c2cccc(O)c2)n(CC(F)(F)F)c2cccc(O)c12. The molecule has 1 aromatic heterocycles. The Morgan fingerprint density at radius 2 is 1.71 bits per heavy atom. The molecule has 0 fully saturated rings. The van der Waals surface area contributed by atoms with E-state index >= 15 is 0 Å². The van der Waals surface area contributed by atoms with Crippen LogP contribution in [0.15, 0.2) is 53.3 Å². The van der Waals surface area contributed by atoms with E-state index < -0.39 is 18.1 Å². The number of phenolic OH excluding ortho intramolecular Hbond substituents is 2. The van der Waals surface area contributed by atoms with Crippen LogP contribution in [-0.2, 0) is 6.54 Å². The number of pyridine rings is 1. The van der Waals surface area contributed by atoms with E-state index in [9.17, 15) is 28.2 Å². The highest BCUT2D eigenvalue weighted by atomic mass is 19.4. The van der Waals surface area contributed by atoms with Crippen molar-refractivity contribution in [3.05, 3.63) is 58.8 Å². The third-order valence-electron chi connectivity index (χ3n) is 3.60. The van der Waals surface area contributed by atoms with Gasteiger partial charge in [-0.1, -0.05) is 18.2 Å². The molecule has 0 saturated carbocycles. The van der Waals surface area contributed by atoms with Gasteiger partial charge in [0.25, 0.3) is 0 Å². The van der Waals surface area contributed by atoms with Gasteiger partial charge in [-0.25, -0.2) is 0 Å². The monoisotopic (exact) mass is 335 g/mol. The number of phenols is 2. The molecule has 124 valence electrons. The molecule has 0 aliphatic carbocycles. The number of hydrogen-bond donors (Lipinski definition) is 2. The maximum Gasteiger partial charge on any atom is 0.406 e. The summed E-state index contributed by atoms with van der Waals surface area (Å²) in [5.41, 5.74) is -0.356. The van der Waals surface area contributed by atoms with Gasteiger partial charge in [0.1, 0.15) is 18.0 Å². The van der Waals surface area contributed by atoms with Gasteiger partial charge >= 0.3 is 6.18 Å². The summed E-state index contributed by atoms with van der Waals surface area (Å²) in [6, 6.07) is 10.6. The topological polar surface area (TPSA) is 62.5 Å². The highest BCUT2D eigenvalue weighted by Gasteiger charge is 2.30. The lowest BCUT2D eigenvalue weighted by molar-refractivity contribution is -0.139. The summed E-state index contributed by atoms with van der Waals surface area (Å²) in [6.07, 6.45) is -4.53. The van der Waals surface area contributed by atoms with Crippen molar-refractivity contribution in [2.45, 2.75) is 12.7 Å². The van der Waals surface area contributed by atoms with Crippen LogP contribution in [0.3, 0.4) is 0 Å². The Morgan fingerprint density at radius 3 is 2.38 bits per heavy atom. The zero-order valence-corrected chi connectivity index (χ0v) is 12.2. The standard InChI is InChI=1S/C17H12F3NO3/c18-17(19,20)9-21-12-5-2-6-14(23)16(12)15(24)8-13(21)10-3-1-4-11(22)7-10/h1-8,22-23H,9H2. The maximum atomic E-state index is 13.0. The minimum absolute atomic E-state index is 0.00586. The smallest absolute Gasteiger partial charge is 0.406 e. The molecule has 2 aromatic carbocycles. The molecule has 0 aliphatic rings. The first kappa shape index (κ1) is 15.9. The highest BCUT2D eigenvalue weighted by Crippen LogP contribution is 2.31. The summed E-state index contributed by atoms with van der Waals surface area (Å²) >= 11 is 0. The number of benzene rings is 2. The number of fused-ring (bicyclic) bond motifs is 1. The molecule has 1 heterocycles. The van der Waals surface area contributed by atoms with E-state index in [4.69, 9.17) is 0 Å². The van der Waals surface area contributed by atoms with Crippen molar-refractivity contribution in [1.82, 2.24) is 4.57 Å². The van der Waals surface area contributed by atoms with Crippen molar-refractivity contribution in [2.24, 2.45) is 0 Å². The second-order valence-electron chi connectivity index (χ2n) is 5.32. The third-order valence-corrected chi connectivity index (χ3v) is 3.60. The van der Waals surface area contributed by atoms with Gasteiger partial charge < -0.3 is 14.8 Å². The molecular formula is C17H12F3NO3. The molecule has 0 aliphatic heterocycles. The molecule has 7 heteroatoms. The molecule has 2 N–H and O–H groups in total. The van der Waals surface area contributed by atoms with E-state index in [0.29, 0.717) is 0 Å². The first-order valence-corrected chi connectivity index (χ1v) is 6.98. The van der Waals surface area contributed by atoms with Crippen LogP contribution in [0.4, 0.5) is 13.2 Å². The molecule has 0 atom stereocenters. The van der Waals surface area contributed by atoms with E-state index in [2.05, 4.69) is 0 Å². The molecule has 3 aromatic rings. The van der Waals surface area contributed by atoms with Gasteiger partial charge in [0, 0.05) is 11.6 Å². The van der Waals surface area contributed by atoms with Crippen LogP contribution in [-0.4, -0.2) is 21.0 Å². The van der Waals surface area contributed by atoms with Crippen molar-refractivity contribution >= 4 is 10.9 Å². The summed E-state index contributed by atoms with van der Waals surface area (Å²) in [5.74, 6) is -0.509. The number of halogens is 3. The Bertz CT molecular complexity index is 977. The lowest BCUT2D eigenvalue weighted by atomic mass is 10.1. The van der Waals surface area contributed by atoms with Gasteiger partial charge in [-0.15, -0.1) is 0 Å². The fraction of sp³-hybridized carbons (Fsp3) is 0.118. The lowest BCUT2D eigenvalue weighted by Gasteiger charge is -2.19. The largest absolute Gasteiger partial charge is 0.508 e. The fourth-order valence-electron chi connectivity index (χ4n) is 2.66. The summed E-state index contributed by atoms with van der Waals surface area (Å²) in [7, 11) is 0. The van der Waals surface area contributed by atoms with Gasteiger partial charge in [-0.05, 0) is 24.3 Å². The van der Waals surface area contributed by atoms with Gasteiger partial charge in [-0.3, -0.25) is 4.79 Å². The summed E-state index contributed by atoms with van der Waals surface area (Å²) in [6.45, 7) is -1.34. The van der Waals surface area contributed by atoms with Crippen LogP contribution in [0.1, 0.15) is 0 Å². The average Bonchev–Trinajstić information content (AvgIpc) is 2.48. The molecule has 4 nitrogen and oxygen atoms in total. The fourth-order valence-corrected chi connectivity index (χ4v) is 2.66. The Labute approximate surface area is 134 Å². The van der Waals surface area contributed by atoms with Crippen molar-refractivity contribution in [1.29, 1.82) is 0 Å². The number of aromatic hydroxyl groups is 2. The van der Waals surface area contributed by atoms with Crippen LogP contribution in [0.25, 0.3) is 22.2 Å². The first-order chi connectivity index (χ1) is 11.3. The van der Waals surface area contributed by atoms with E-state index in [0.717, 1.165) is 10.6 Å². The van der Waals surface area contributed by atoms with E-state index in [1.54, 1.807) is 0 Å². The van der Waals surface area contributed by atoms with Gasteiger partial charge in [0.15, 0.2) is 5.43 Å². The first-order valence-electron chi connectivity index (χ1n) is 6.98. The van der Waals surface area contributed by atoms with E-state index in [-0.39, 0.29) is 33.7 Å². The van der Waals surface area contributed by atoms with Crippen LogP contribution in [0.5, 0.6) is 11.5 Å². The van der Waals surface area contributed by atoms with Gasteiger partial charge in [0.05, 0.1) is 16.6 Å². The molecule has 0 unspecified atom stereocenters. The normalized spacial score (nSPS) is 11.8. The van der Waals surface area contributed by atoms with Crippen LogP contribution in [0.2, 0.25) is 0 Å². The number of hydrogen-bond acceptors (Lipinski definition) is 3. The number of rotatable bonds is 2. The summed E-state index contributed by atoms with van der Waals surface area (Å²) in [4.78, 5) is 12.3. The molecule has 0 bridgehead atoms. The third kappa shape index (κ3) is 2.92. The van der Waals surface area contributed by atoms with Crippen LogP contribution < -0.4 is 5.43 Å². The Hall–Kier alpha value is -2.96. The van der Waals surface area contributed by atoms with Crippen molar-refractivity contribution < 1.29 is 23.4 Å². The Morgan fingerprint density at radius 1 is 1.00 bits per heavy atom. The lowest BCUT2D eigenvalue weighted by Crippen LogP contribution is -2.22. The Balaban J connectivity index is 2.40. The predicted octanol–water partition coefficient (Wildman–Crippen LogP) is 3.64. The molecular weight excluding hydrogens is 323 g/mol. The predicted molar refractivity (Wildman–Crippen MR) is 83.0 cm³/mol. The van der Waals surface area contributed by atoms with Crippen LogP contribution in [0, 0.1) is 0 Å². The molecule has 0 amide bonds. The summed E-state index contributed by atoms with van der Waals surface area (Å²) in [5, 5.41) is 19.2. The molecule has 0 spiro atoms. The van der Waals surface area contributed by atoms with Gasteiger partial charge in [0.2, 0.25) is 0 Å². The second-order valence-corrected chi connectivity index (χ2v) is 5.32. The average molecular weight is 335 g/mol. The summed E-state index contributed by atoms with van der Waals surface area (Å²) < 4.78 is 40.0. The van der Waals surface area contributed by atoms with Crippen LogP contribution >= 0.6 is 0 Å². The zero-order chi connectivity index (χ0) is 17.5. The maximum absolute atomic E-state index is 13.0. The van der Waals surface area contributed by atoms with Gasteiger partial charge in [-0.2, -0.15) is 13.2 Å².